The summed E-state index contributed by atoms with van der Waals surface area (Å²) in [4.78, 5) is 1.04. The van der Waals surface area contributed by atoms with Gasteiger partial charge in [-0.3, -0.25) is 0 Å². The molecule has 0 heterocycles. The van der Waals surface area contributed by atoms with E-state index in [1.54, 1.807) is 0 Å². The van der Waals surface area contributed by atoms with Crippen LogP contribution in [0.3, 0.4) is 0 Å². The normalized spacial score (nSPS) is 10.6. The lowest BCUT2D eigenvalue weighted by Crippen LogP contribution is -1.87. The maximum Gasteiger partial charge on any atom is 0.0119 e. The predicted molar refractivity (Wildman–Crippen MR) is 87.0 cm³/mol. The molecule has 0 fully saturated rings. The maximum atomic E-state index is 4.51. The number of aryl methyl sites for hydroxylation is 1. The van der Waals surface area contributed by atoms with Crippen molar-refractivity contribution < 1.29 is 0 Å². The second-order valence-electron chi connectivity index (χ2n) is 5.02. The van der Waals surface area contributed by atoms with Crippen molar-refractivity contribution >= 4 is 12.6 Å². The SMILES string of the molecule is CCCCCCc1ccc(-c2ccccc2S)cc1. The van der Waals surface area contributed by atoms with E-state index in [4.69, 9.17) is 0 Å². The Morgan fingerprint density at radius 2 is 1.58 bits per heavy atom. The number of hydrogen-bond donors (Lipinski definition) is 1. The number of rotatable bonds is 6. The topological polar surface area (TPSA) is 0 Å². The largest absolute Gasteiger partial charge is 0.143 e. The molecule has 2 aromatic carbocycles. The highest BCUT2D eigenvalue weighted by Crippen LogP contribution is 2.26. The van der Waals surface area contributed by atoms with Crippen molar-refractivity contribution in [2.75, 3.05) is 0 Å². The molecule has 0 amide bonds. The lowest BCUT2D eigenvalue weighted by molar-refractivity contribution is 0.667. The summed E-state index contributed by atoms with van der Waals surface area (Å²) < 4.78 is 0. The lowest BCUT2D eigenvalue weighted by Gasteiger charge is -2.07. The molecule has 1 heteroatoms. The molecule has 0 aliphatic rings. The van der Waals surface area contributed by atoms with Crippen molar-refractivity contribution in [1.29, 1.82) is 0 Å². The van der Waals surface area contributed by atoms with Gasteiger partial charge in [0.1, 0.15) is 0 Å². The summed E-state index contributed by atoms with van der Waals surface area (Å²) in [5.74, 6) is 0. The van der Waals surface area contributed by atoms with Gasteiger partial charge < -0.3 is 0 Å². The van der Waals surface area contributed by atoms with Crippen LogP contribution in [0.15, 0.2) is 53.4 Å². The van der Waals surface area contributed by atoms with Crippen molar-refractivity contribution in [1.82, 2.24) is 0 Å². The third kappa shape index (κ3) is 4.14. The number of benzene rings is 2. The first-order valence-electron chi connectivity index (χ1n) is 7.18. The number of hydrogen-bond acceptors (Lipinski definition) is 1. The van der Waals surface area contributed by atoms with E-state index < -0.39 is 0 Å². The lowest BCUT2D eigenvalue weighted by atomic mass is 10.0. The second-order valence-corrected chi connectivity index (χ2v) is 5.51. The van der Waals surface area contributed by atoms with Crippen LogP contribution >= 0.6 is 12.6 Å². The van der Waals surface area contributed by atoms with Gasteiger partial charge in [0.05, 0.1) is 0 Å². The molecule has 19 heavy (non-hydrogen) atoms. The Kier molecular flexibility index (Phi) is 5.53. The van der Waals surface area contributed by atoms with E-state index >= 15 is 0 Å². The van der Waals surface area contributed by atoms with Gasteiger partial charge in [-0.2, -0.15) is 0 Å². The van der Waals surface area contributed by atoms with Gasteiger partial charge in [0, 0.05) is 4.90 Å². The zero-order valence-electron chi connectivity index (χ0n) is 11.6. The molecule has 0 spiro atoms. The first-order chi connectivity index (χ1) is 9.31. The Hall–Kier alpha value is -1.21. The van der Waals surface area contributed by atoms with Crippen LogP contribution in [0.4, 0.5) is 0 Å². The zero-order chi connectivity index (χ0) is 13.5. The third-order valence-electron chi connectivity index (χ3n) is 3.49. The first-order valence-corrected chi connectivity index (χ1v) is 7.63. The summed E-state index contributed by atoms with van der Waals surface area (Å²) in [6.45, 7) is 2.25. The average Bonchev–Trinajstić information content (AvgIpc) is 2.45. The molecule has 0 nitrogen and oxygen atoms in total. The summed E-state index contributed by atoms with van der Waals surface area (Å²) >= 11 is 4.51. The summed E-state index contributed by atoms with van der Waals surface area (Å²) in [6, 6.07) is 17.2. The van der Waals surface area contributed by atoms with E-state index in [2.05, 4.69) is 56.0 Å². The van der Waals surface area contributed by atoms with Gasteiger partial charge in [-0.25, -0.2) is 0 Å². The van der Waals surface area contributed by atoms with Crippen molar-refractivity contribution in [3.05, 3.63) is 54.1 Å². The second kappa shape index (κ2) is 7.40. The highest BCUT2D eigenvalue weighted by Gasteiger charge is 2.01. The predicted octanol–water partition coefficient (Wildman–Crippen LogP) is 5.77. The van der Waals surface area contributed by atoms with Crippen molar-refractivity contribution in [2.24, 2.45) is 0 Å². The standard InChI is InChI=1S/C18H22S/c1-2-3-4-5-8-15-11-13-16(14-12-15)17-9-6-7-10-18(17)19/h6-7,9-14,19H,2-5,8H2,1H3. The number of unbranched alkanes of at least 4 members (excludes halogenated alkanes) is 3. The highest BCUT2D eigenvalue weighted by molar-refractivity contribution is 7.80. The van der Waals surface area contributed by atoms with Crippen LogP contribution in [-0.2, 0) is 6.42 Å². The highest BCUT2D eigenvalue weighted by atomic mass is 32.1. The smallest absolute Gasteiger partial charge is 0.0119 e. The minimum Gasteiger partial charge on any atom is -0.143 e. The van der Waals surface area contributed by atoms with Gasteiger partial charge in [-0.15, -0.1) is 12.6 Å². The molecular formula is C18H22S. The van der Waals surface area contributed by atoms with Crippen molar-refractivity contribution in [3.63, 3.8) is 0 Å². The van der Waals surface area contributed by atoms with Gasteiger partial charge in [-0.1, -0.05) is 68.7 Å². The minimum absolute atomic E-state index is 1.04. The molecule has 0 N–H and O–H groups in total. The fourth-order valence-electron chi connectivity index (χ4n) is 2.32. The van der Waals surface area contributed by atoms with Crippen molar-refractivity contribution in [2.45, 2.75) is 43.9 Å². The van der Waals surface area contributed by atoms with E-state index in [1.807, 2.05) is 12.1 Å². The van der Waals surface area contributed by atoms with Crippen molar-refractivity contribution in [3.8, 4) is 11.1 Å². The summed E-state index contributed by atoms with van der Waals surface area (Å²) in [6.07, 6.45) is 6.50. The summed E-state index contributed by atoms with van der Waals surface area (Å²) in [5, 5.41) is 0. The van der Waals surface area contributed by atoms with Crippen LogP contribution in [0, 0.1) is 0 Å². The van der Waals surface area contributed by atoms with E-state index in [0.29, 0.717) is 0 Å². The third-order valence-corrected chi connectivity index (χ3v) is 3.88. The van der Waals surface area contributed by atoms with Crippen LogP contribution in [0.2, 0.25) is 0 Å². The van der Waals surface area contributed by atoms with E-state index in [0.717, 1.165) is 4.90 Å². The molecule has 0 atom stereocenters. The van der Waals surface area contributed by atoms with E-state index in [1.165, 1.54) is 48.8 Å². The Balaban J connectivity index is 2.01. The molecule has 0 aliphatic heterocycles. The van der Waals surface area contributed by atoms with Crippen LogP contribution in [0.5, 0.6) is 0 Å². The summed E-state index contributed by atoms with van der Waals surface area (Å²) in [5.41, 5.74) is 3.91. The quantitative estimate of drug-likeness (QED) is 0.500. The maximum absolute atomic E-state index is 4.51. The molecule has 0 saturated heterocycles. The van der Waals surface area contributed by atoms with Crippen LogP contribution in [-0.4, -0.2) is 0 Å². The van der Waals surface area contributed by atoms with Gasteiger partial charge in [0.2, 0.25) is 0 Å². The molecule has 0 saturated carbocycles. The Morgan fingerprint density at radius 1 is 0.842 bits per heavy atom. The first kappa shape index (κ1) is 14.2. The molecule has 0 aliphatic carbocycles. The molecule has 2 rings (SSSR count). The minimum atomic E-state index is 1.04. The van der Waals surface area contributed by atoms with E-state index in [9.17, 15) is 0 Å². The molecule has 0 unspecified atom stereocenters. The molecular weight excluding hydrogens is 248 g/mol. The van der Waals surface area contributed by atoms with E-state index in [-0.39, 0.29) is 0 Å². The Bertz CT molecular complexity index is 499. The Labute approximate surface area is 122 Å². The number of thiol groups is 1. The molecule has 0 bridgehead atoms. The van der Waals surface area contributed by atoms with Gasteiger partial charge >= 0.3 is 0 Å². The average molecular weight is 270 g/mol. The Morgan fingerprint density at radius 3 is 2.26 bits per heavy atom. The molecule has 0 aromatic heterocycles. The van der Waals surface area contributed by atoms with Crippen LogP contribution in [0.1, 0.15) is 38.2 Å². The van der Waals surface area contributed by atoms with Crippen LogP contribution < -0.4 is 0 Å². The monoisotopic (exact) mass is 270 g/mol. The van der Waals surface area contributed by atoms with Gasteiger partial charge in [0.15, 0.2) is 0 Å². The van der Waals surface area contributed by atoms with Gasteiger partial charge in [-0.05, 0) is 35.6 Å². The molecule has 2 aromatic rings. The molecule has 0 radical (unpaired) electrons. The van der Waals surface area contributed by atoms with Crippen LogP contribution in [0.25, 0.3) is 11.1 Å². The molecule has 100 valence electrons. The fraction of sp³-hybridized carbons (Fsp3) is 0.333. The summed E-state index contributed by atoms with van der Waals surface area (Å²) in [7, 11) is 0. The van der Waals surface area contributed by atoms with Gasteiger partial charge in [0.25, 0.3) is 0 Å². The fourth-order valence-corrected chi connectivity index (χ4v) is 2.61. The zero-order valence-corrected chi connectivity index (χ0v) is 12.5.